The van der Waals surface area contributed by atoms with Crippen LogP contribution in [0.4, 0.5) is 4.39 Å². The van der Waals surface area contributed by atoms with Crippen molar-refractivity contribution in [1.82, 2.24) is 4.98 Å². The molecule has 1 aromatic heterocycles. The van der Waals surface area contributed by atoms with Crippen LogP contribution in [0.3, 0.4) is 0 Å². The van der Waals surface area contributed by atoms with Crippen LogP contribution < -0.4 is 5.73 Å². The molecule has 0 saturated carbocycles. The Labute approximate surface area is 71.8 Å². The molecule has 0 radical (unpaired) electrons. The monoisotopic (exact) mass is 252 g/mol. The number of nitrogens with two attached hydrogens (primary N) is 1. The van der Waals surface area contributed by atoms with Crippen LogP contribution in [-0.4, -0.2) is 4.98 Å². The largest absolute Gasteiger partial charge is 0.326 e. The van der Waals surface area contributed by atoms with Crippen LogP contribution in [0.1, 0.15) is 5.56 Å². The van der Waals surface area contributed by atoms with E-state index in [2.05, 4.69) is 4.98 Å². The van der Waals surface area contributed by atoms with Gasteiger partial charge in [0.25, 0.3) is 0 Å². The maximum Gasteiger partial charge on any atom is 0.218 e. The molecule has 2 nitrogen and oxygen atoms in total. The highest BCUT2D eigenvalue weighted by Crippen LogP contribution is 2.12. The van der Waals surface area contributed by atoms with Crippen LogP contribution >= 0.6 is 22.6 Å². The van der Waals surface area contributed by atoms with Crippen LogP contribution in [-0.2, 0) is 6.54 Å². The van der Waals surface area contributed by atoms with Crippen LogP contribution in [0.5, 0.6) is 0 Å². The van der Waals surface area contributed by atoms with Gasteiger partial charge in [0.05, 0.1) is 0 Å². The van der Waals surface area contributed by atoms with Gasteiger partial charge < -0.3 is 5.73 Å². The lowest BCUT2D eigenvalue weighted by molar-refractivity contribution is 0.565. The van der Waals surface area contributed by atoms with Gasteiger partial charge in [0.15, 0.2) is 0 Å². The van der Waals surface area contributed by atoms with Gasteiger partial charge in [-0.15, -0.1) is 0 Å². The van der Waals surface area contributed by atoms with Crippen molar-refractivity contribution in [2.24, 2.45) is 5.73 Å². The minimum absolute atomic E-state index is 0.206. The standard InChI is InChI=1S/C6H6FIN2/c7-6-4(3-9)5(8)1-2-10-6/h1-2H,3,9H2. The van der Waals surface area contributed by atoms with E-state index in [9.17, 15) is 4.39 Å². The van der Waals surface area contributed by atoms with Crippen molar-refractivity contribution < 1.29 is 4.39 Å². The molecule has 0 spiro atoms. The Balaban J connectivity index is 3.17. The van der Waals surface area contributed by atoms with E-state index < -0.39 is 5.95 Å². The summed E-state index contributed by atoms with van der Waals surface area (Å²) in [4.78, 5) is 3.46. The van der Waals surface area contributed by atoms with Gasteiger partial charge in [-0.25, -0.2) is 4.98 Å². The van der Waals surface area contributed by atoms with Gasteiger partial charge in [0.2, 0.25) is 5.95 Å². The minimum Gasteiger partial charge on any atom is -0.326 e. The third-order valence-corrected chi connectivity index (χ3v) is 2.16. The normalized spacial score (nSPS) is 9.90. The van der Waals surface area contributed by atoms with E-state index in [-0.39, 0.29) is 6.54 Å². The zero-order valence-corrected chi connectivity index (χ0v) is 7.30. The fourth-order valence-electron chi connectivity index (χ4n) is 0.627. The molecule has 0 unspecified atom stereocenters. The van der Waals surface area contributed by atoms with Crippen molar-refractivity contribution in [1.29, 1.82) is 0 Å². The molecule has 0 atom stereocenters. The molecule has 0 aliphatic rings. The molecule has 0 amide bonds. The maximum atomic E-state index is 12.7. The smallest absolute Gasteiger partial charge is 0.218 e. The first-order chi connectivity index (χ1) is 4.75. The van der Waals surface area contributed by atoms with E-state index in [1.165, 1.54) is 6.20 Å². The zero-order chi connectivity index (χ0) is 7.56. The van der Waals surface area contributed by atoms with E-state index >= 15 is 0 Å². The number of hydrogen-bond acceptors (Lipinski definition) is 2. The SMILES string of the molecule is NCc1c(I)ccnc1F. The first-order valence-corrected chi connectivity index (χ1v) is 3.82. The molecule has 1 rings (SSSR count). The van der Waals surface area contributed by atoms with E-state index in [1.807, 2.05) is 22.6 Å². The van der Waals surface area contributed by atoms with Crippen molar-refractivity contribution in [3.8, 4) is 0 Å². The molecule has 0 bridgehead atoms. The van der Waals surface area contributed by atoms with Crippen LogP contribution in [0.15, 0.2) is 12.3 Å². The molecule has 2 N–H and O–H groups in total. The summed E-state index contributed by atoms with van der Waals surface area (Å²) in [5, 5.41) is 0. The van der Waals surface area contributed by atoms with Crippen molar-refractivity contribution in [2.75, 3.05) is 0 Å². The summed E-state index contributed by atoms with van der Waals surface area (Å²) in [6.45, 7) is 0.206. The molecule has 1 heterocycles. The van der Waals surface area contributed by atoms with Gasteiger partial charge in [-0.1, -0.05) is 0 Å². The van der Waals surface area contributed by atoms with E-state index in [1.54, 1.807) is 6.07 Å². The number of aromatic nitrogens is 1. The summed E-state index contributed by atoms with van der Waals surface area (Å²) in [7, 11) is 0. The fourth-order valence-corrected chi connectivity index (χ4v) is 1.23. The van der Waals surface area contributed by atoms with Gasteiger partial charge >= 0.3 is 0 Å². The molecule has 1 aromatic rings. The average Bonchev–Trinajstić information content (AvgIpc) is 1.88. The molecule has 0 aromatic carbocycles. The Morgan fingerprint density at radius 2 is 2.40 bits per heavy atom. The second-order valence-electron chi connectivity index (χ2n) is 1.77. The zero-order valence-electron chi connectivity index (χ0n) is 5.14. The predicted octanol–water partition coefficient (Wildman–Crippen LogP) is 1.28. The third-order valence-electron chi connectivity index (χ3n) is 1.15. The van der Waals surface area contributed by atoms with E-state index in [0.717, 1.165) is 3.57 Å². The van der Waals surface area contributed by atoms with Crippen LogP contribution in [0.2, 0.25) is 0 Å². The predicted molar refractivity (Wildman–Crippen MR) is 44.8 cm³/mol. The van der Waals surface area contributed by atoms with Crippen LogP contribution in [0.25, 0.3) is 0 Å². The van der Waals surface area contributed by atoms with Gasteiger partial charge in [0, 0.05) is 21.9 Å². The van der Waals surface area contributed by atoms with Gasteiger partial charge in [-0.3, -0.25) is 0 Å². The summed E-state index contributed by atoms with van der Waals surface area (Å²) in [5.74, 6) is -0.464. The molecule has 10 heavy (non-hydrogen) atoms. The number of rotatable bonds is 1. The lowest BCUT2D eigenvalue weighted by atomic mass is 10.3. The number of pyridine rings is 1. The van der Waals surface area contributed by atoms with Gasteiger partial charge in [-0.2, -0.15) is 4.39 Å². The van der Waals surface area contributed by atoms with Crippen molar-refractivity contribution >= 4 is 22.6 Å². The van der Waals surface area contributed by atoms with Gasteiger partial charge in [0.1, 0.15) is 0 Å². The summed E-state index contributed by atoms with van der Waals surface area (Å²) < 4.78 is 13.5. The molecule has 0 aliphatic heterocycles. The Hall–Kier alpha value is -0.230. The molecular formula is C6H6FIN2. The average molecular weight is 252 g/mol. The second-order valence-corrected chi connectivity index (χ2v) is 2.93. The molecule has 0 aliphatic carbocycles. The number of halogens is 2. The minimum atomic E-state index is -0.464. The Bertz CT molecular complexity index is 219. The molecule has 0 fully saturated rings. The Morgan fingerprint density at radius 3 is 2.80 bits per heavy atom. The first kappa shape index (κ1) is 7.87. The van der Waals surface area contributed by atoms with Crippen molar-refractivity contribution in [3.05, 3.63) is 27.3 Å². The third kappa shape index (κ3) is 1.43. The van der Waals surface area contributed by atoms with E-state index in [4.69, 9.17) is 5.73 Å². The summed E-state index contributed by atoms with van der Waals surface area (Å²) in [5.41, 5.74) is 5.76. The quantitative estimate of drug-likeness (QED) is 0.604. The van der Waals surface area contributed by atoms with Gasteiger partial charge in [-0.05, 0) is 28.7 Å². The summed E-state index contributed by atoms with van der Waals surface area (Å²) >= 11 is 2.03. The van der Waals surface area contributed by atoms with E-state index in [0.29, 0.717) is 5.56 Å². The molecule has 0 saturated heterocycles. The summed E-state index contributed by atoms with van der Waals surface area (Å²) in [6, 6.07) is 1.73. The topological polar surface area (TPSA) is 38.9 Å². The van der Waals surface area contributed by atoms with Crippen LogP contribution in [0, 0.1) is 9.52 Å². The Morgan fingerprint density at radius 1 is 1.70 bits per heavy atom. The summed E-state index contributed by atoms with van der Waals surface area (Å²) in [6.07, 6.45) is 1.43. The number of hydrogen-bond donors (Lipinski definition) is 1. The lowest BCUT2D eigenvalue weighted by Crippen LogP contribution is -2.03. The number of nitrogens with zero attached hydrogens (tertiary/aromatic N) is 1. The van der Waals surface area contributed by atoms with Crippen molar-refractivity contribution in [2.45, 2.75) is 6.54 Å². The maximum absolute atomic E-state index is 12.7. The molecule has 54 valence electrons. The molecule has 4 heteroatoms. The first-order valence-electron chi connectivity index (χ1n) is 2.74. The highest BCUT2D eigenvalue weighted by molar-refractivity contribution is 14.1. The fraction of sp³-hybridized carbons (Fsp3) is 0.167. The Kier molecular flexibility index (Phi) is 2.56. The lowest BCUT2D eigenvalue weighted by Gasteiger charge is -1.99. The molecular weight excluding hydrogens is 246 g/mol. The highest BCUT2D eigenvalue weighted by atomic mass is 127. The highest BCUT2D eigenvalue weighted by Gasteiger charge is 2.03. The van der Waals surface area contributed by atoms with Crippen molar-refractivity contribution in [3.63, 3.8) is 0 Å². The second kappa shape index (κ2) is 3.25.